The minimum Gasteiger partial charge on any atom is -0.357 e. The van der Waals surface area contributed by atoms with Gasteiger partial charge in [0.2, 0.25) is 5.91 Å². The summed E-state index contributed by atoms with van der Waals surface area (Å²) in [5.41, 5.74) is 3.89. The summed E-state index contributed by atoms with van der Waals surface area (Å²) >= 11 is 0. The zero-order valence-corrected chi connectivity index (χ0v) is 12.4. The fraction of sp³-hybridized carbons (Fsp3) is 0.533. The molecule has 0 saturated carbocycles. The number of amides is 1. The third-order valence-electron chi connectivity index (χ3n) is 3.81. The lowest BCUT2D eigenvalue weighted by Gasteiger charge is -2.26. The van der Waals surface area contributed by atoms with E-state index in [2.05, 4.69) is 27.1 Å². The lowest BCUT2D eigenvalue weighted by atomic mass is 10.2. The van der Waals surface area contributed by atoms with E-state index in [-0.39, 0.29) is 5.91 Å². The van der Waals surface area contributed by atoms with Gasteiger partial charge in [-0.05, 0) is 25.5 Å². The van der Waals surface area contributed by atoms with Crippen molar-refractivity contribution in [3.63, 3.8) is 0 Å². The molecule has 2 heterocycles. The van der Waals surface area contributed by atoms with Crippen LogP contribution < -0.4 is 10.6 Å². The standard InChI is InChI=1S/C15H24N4O/c1-4-13-11(2)15(12(3)17-13)18-14(20)5-8-19-9-6-16-7-10-19/h4,16-17H,1,5-10H2,2-3H3,(H,18,20). The molecule has 2 rings (SSSR count). The summed E-state index contributed by atoms with van der Waals surface area (Å²) in [6, 6.07) is 0. The van der Waals surface area contributed by atoms with Gasteiger partial charge in [0.15, 0.2) is 0 Å². The molecule has 0 bridgehead atoms. The highest BCUT2D eigenvalue weighted by Crippen LogP contribution is 2.24. The van der Waals surface area contributed by atoms with Gasteiger partial charge < -0.3 is 20.5 Å². The highest BCUT2D eigenvalue weighted by Gasteiger charge is 2.14. The molecule has 1 amide bonds. The van der Waals surface area contributed by atoms with Gasteiger partial charge in [0, 0.05) is 50.5 Å². The lowest BCUT2D eigenvalue weighted by molar-refractivity contribution is -0.116. The van der Waals surface area contributed by atoms with Crippen LogP contribution in [0.1, 0.15) is 23.4 Å². The van der Waals surface area contributed by atoms with Crippen LogP contribution in [0.2, 0.25) is 0 Å². The molecule has 0 radical (unpaired) electrons. The van der Waals surface area contributed by atoms with Crippen molar-refractivity contribution in [1.29, 1.82) is 0 Å². The van der Waals surface area contributed by atoms with Crippen molar-refractivity contribution >= 4 is 17.7 Å². The maximum Gasteiger partial charge on any atom is 0.225 e. The van der Waals surface area contributed by atoms with Gasteiger partial charge in [-0.3, -0.25) is 4.79 Å². The number of piperazine rings is 1. The number of hydrogen-bond acceptors (Lipinski definition) is 3. The predicted octanol–water partition coefficient (Wildman–Crippen LogP) is 1.51. The number of aryl methyl sites for hydroxylation is 1. The number of H-pyrrole nitrogens is 1. The van der Waals surface area contributed by atoms with Gasteiger partial charge in [-0.15, -0.1) is 0 Å². The van der Waals surface area contributed by atoms with Crippen LogP contribution in [-0.2, 0) is 4.79 Å². The zero-order valence-electron chi connectivity index (χ0n) is 12.4. The fourth-order valence-electron chi connectivity index (χ4n) is 2.56. The Hall–Kier alpha value is -1.59. The van der Waals surface area contributed by atoms with Crippen LogP contribution in [0.4, 0.5) is 5.69 Å². The van der Waals surface area contributed by atoms with E-state index in [0.29, 0.717) is 6.42 Å². The van der Waals surface area contributed by atoms with Crippen LogP contribution in [0, 0.1) is 13.8 Å². The number of carbonyl (C=O) groups is 1. The molecular formula is C15H24N4O. The van der Waals surface area contributed by atoms with E-state index in [4.69, 9.17) is 0 Å². The molecule has 1 aliphatic rings. The summed E-state index contributed by atoms with van der Waals surface area (Å²) in [7, 11) is 0. The minimum atomic E-state index is 0.0735. The van der Waals surface area contributed by atoms with Crippen LogP contribution in [0.3, 0.4) is 0 Å². The first kappa shape index (κ1) is 14.8. The molecule has 1 aromatic rings. The lowest BCUT2D eigenvalue weighted by Crippen LogP contribution is -2.44. The third-order valence-corrected chi connectivity index (χ3v) is 3.81. The van der Waals surface area contributed by atoms with Gasteiger partial charge >= 0.3 is 0 Å². The Bertz CT molecular complexity index is 486. The molecule has 0 atom stereocenters. The van der Waals surface area contributed by atoms with E-state index < -0.39 is 0 Å². The van der Waals surface area contributed by atoms with Gasteiger partial charge in [0.1, 0.15) is 0 Å². The Morgan fingerprint density at radius 3 is 2.70 bits per heavy atom. The number of aromatic nitrogens is 1. The van der Waals surface area contributed by atoms with E-state index in [0.717, 1.165) is 55.4 Å². The molecule has 1 aliphatic heterocycles. The number of nitrogens with one attached hydrogen (secondary N) is 3. The van der Waals surface area contributed by atoms with Crippen molar-refractivity contribution in [3.8, 4) is 0 Å². The molecule has 1 aromatic heterocycles. The highest BCUT2D eigenvalue weighted by atomic mass is 16.1. The summed E-state index contributed by atoms with van der Waals surface area (Å²) in [4.78, 5) is 17.6. The number of hydrogen-bond donors (Lipinski definition) is 3. The average molecular weight is 276 g/mol. The topological polar surface area (TPSA) is 60.2 Å². The van der Waals surface area contributed by atoms with Crippen LogP contribution in [0.25, 0.3) is 6.08 Å². The first-order chi connectivity index (χ1) is 9.61. The molecule has 0 spiro atoms. The van der Waals surface area contributed by atoms with Crippen molar-refractivity contribution in [2.45, 2.75) is 20.3 Å². The van der Waals surface area contributed by atoms with Gasteiger partial charge in [0.05, 0.1) is 5.69 Å². The first-order valence-corrected chi connectivity index (χ1v) is 7.16. The van der Waals surface area contributed by atoms with Crippen LogP contribution in [0.5, 0.6) is 0 Å². The number of aromatic amines is 1. The zero-order chi connectivity index (χ0) is 14.5. The van der Waals surface area contributed by atoms with Crippen molar-refractivity contribution in [2.24, 2.45) is 0 Å². The van der Waals surface area contributed by atoms with Gasteiger partial charge in [0.25, 0.3) is 0 Å². The predicted molar refractivity (Wildman–Crippen MR) is 82.9 cm³/mol. The van der Waals surface area contributed by atoms with Crippen molar-refractivity contribution in [3.05, 3.63) is 23.5 Å². The monoisotopic (exact) mass is 276 g/mol. The first-order valence-electron chi connectivity index (χ1n) is 7.16. The summed E-state index contributed by atoms with van der Waals surface area (Å²) in [5.74, 6) is 0.0735. The Kier molecular flexibility index (Phi) is 4.98. The van der Waals surface area contributed by atoms with Crippen LogP contribution >= 0.6 is 0 Å². The second-order valence-electron chi connectivity index (χ2n) is 5.26. The fourth-order valence-corrected chi connectivity index (χ4v) is 2.56. The second-order valence-corrected chi connectivity index (χ2v) is 5.26. The summed E-state index contributed by atoms with van der Waals surface area (Å²) in [5, 5.41) is 6.32. The molecule has 0 aromatic carbocycles. The number of nitrogens with zero attached hydrogens (tertiary/aromatic N) is 1. The van der Waals surface area contributed by atoms with Gasteiger partial charge in [-0.2, -0.15) is 0 Å². The van der Waals surface area contributed by atoms with Gasteiger partial charge in [-0.25, -0.2) is 0 Å². The minimum absolute atomic E-state index is 0.0735. The third kappa shape index (κ3) is 3.49. The van der Waals surface area contributed by atoms with Crippen molar-refractivity contribution in [1.82, 2.24) is 15.2 Å². The molecule has 0 aliphatic carbocycles. The molecule has 20 heavy (non-hydrogen) atoms. The van der Waals surface area contributed by atoms with Gasteiger partial charge in [-0.1, -0.05) is 6.58 Å². The average Bonchev–Trinajstić information content (AvgIpc) is 2.73. The molecule has 5 heteroatoms. The molecule has 5 nitrogen and oxygen atoms in total. The van der Waals surface area contributed by atoms with E-state index >= 15 is 0 Å². The molecule has 3 N–H and O–H groups in total. The Balaban J connectivity index is 1.88. The van der Waals surface area contributed by atoms with E-state index in [1.54, 1.807) is 6.08 Å². The molecule has 1 fully saturated rings. The van der Waals surface area contributed by atoms with Crippen molar-refractivity contribution < 1.29 is 4.79 Å². The molecular weight excluding hydrogens is 252 g/mol. The second kappa shape index (κ2) is 6.72. The maximum absolute atomic E-state index is 12.1. The Morgan fingerprint density at radius 1 is 1.40 bits per heavy atom. The SMILES string of the molecule is C=Cc1[nH]c(C)c(NC(=O)CCN2CCNCC2)c1C. The number of rotatable bonds is 5. The number of anilines is 1. The molecule has 1 saturated heterocycles. The smallest absolute Gasteiger partial charge is 0.225 e. The van der Waals surface area contributed by atoms with Crippen LogP contribution in [0.15, 0.2) is 6.58 Å². The van der Waals surface area contributed by atoms with E-state index in [1.165, 1.54) is 0 Å². The summed E-state index contributed by atoms with van der Waals surface area (Å²) in [6.07, 6.45) is 2.31. The maximum atomic E-state index is 12.1. The summed E-state index contributed by atoms with van der Waals surface area (Å²) < 4.78 is 0. The quantitative estimate of drug-likeness (QED) is 0.764. The Morgan fingerprint density at radius 2 is 2.10 bits per heavy atom. The van der Waals surface area contributed by atoms with Crippen molar-refractivity contribution in [2.75, 3.05) is 38.0 Å². The van der Waals surface area contributed by atoms with E-state index in [1.807, 2.05) is 13.8 Å². The molecule has 0 unspecified atom stereocenters. The summed E-state index contributed by atoms with van der Waals surface area (Å²) in [6.45, 7) is 12.6. The van der Waals surface area contributed by atoms with E-state index in [9.17, 15) is 4.79 Å². The number of carbonyl (C=O) groups excluding carboxylic acids is 1. The normalized spacial score (nSPS) is 16.1. The van der Waals surface area contributed by atoms with Crippen LogP contribution in [-0.4, -0.2) is 48.5 Å². The highest BCUT2D eigenvalue weighted by molar-refractivity contribution is 5.93. The Labute approximate surface area is 120 Å². The largest absolute Gasteiger partial charge is 0.357 e. The molecule has 110 valence electrons.